The van der Waals surface area contributed by atoms with Gasteiger partial charge >= 0.3 is 0 Å². The van der Waals surface area contributed by atoms with Crippen molar-refractivity contribution in [1.29, 1.82) is 0 Å². The summed E-state index contributed by atoms with van der Waals surface area (Å²) >= 11 is 1.44. The molecule has 0 unspecified atom stereocenters. The lowest BCUT2D eigenvalue weighted by atomic mass is 10.1. The molecule has 0 atom stereocenters. The molecule has 5 heteroatoms. The van der Waals surface area contributed by atoms with Crippen molar-refractivity contribution in [2.45, 2.75) is 19.6 Å². The summed E-state index contributed by atoms with van der Waals surface area (Å²) in [7, 11) is 1.43. The van der Waals surface area contributed by atoms with Gasteiger partial charge in [0.25, 0.3) is 0 Å². The Balaban J connectivity index is 1.82. The Morgan fingerprint density at radius 3 is 2.61 bits per heavy atom. The van der Waals surface area contributed by atoms with Crippen LogP contribution in [-0.2, 0) is 10.5 Å². The van der Waals surface area contributed by atoms with Gasteiger partial charge < -0.3 is 10.1 Å². The molecule has 0 aliphatic rings. The first-order chi connectivity index (χ1) is 11.0. The van der Waals surface area contributed by atoms with Crippen molar-refractivity contribution < 1.29 is 13.9 Å². The quantitative estimate of drug-likeness (QED) is 0.855. The number of thioether (sulfide) groups is 1. The molecule has 2 aromatic carbocycles. The highest BCUT2D eigenvalue weighted by atomic mass is 32.2. The number of carbonyl (C=O) groups is 1. The fourth-order valence-corrected chi connectivity index (χ4v) is 2.85. The highest BCUT2D eigenvalue weighted by molar-refractivity contribution is 7.99. The molecule has 23 heavy (non-hydrogen) atoms. The normalized spacial score (nSPS) is 10.4. The Hall–Kier alpha value is -2.01. The van der Waals surface area contributed by atoms with Crippen LogP contribution in [0.1, 0.15) is 16.7 Å². The smallest absolute Gasteiger partial charge is 0.234 e. The van der Waals surface area contributed by atoms with E-state index < -0.39 is 0 Å². The average molecular weight is 333 g/mol. The fourth-order valence-electron chi connectivity index (χ4n) is 2.08. The molecule has 0 aliphatic carbocycles. The molecule has 0 aliphatic heterocycles. The Bertz CT molecular complexity index is 703. The van der Waals surface area contributed by atoms with Crippen LogP contribution in [0, 0.1) is 19.7 Å². The first kappa shape index (κ1) is 17.3. The molecule has 0 heterocycles. The lowest BCUT2D eigenvalue weighted by Gasteiger charge is -2.08. The zero-order valence-corrected chi connectivity index (χ0v) is 14.3. The van der Waals surface area contributed by atoms with Crippen LogP contribution < -0.4 is 10.1 Å². The van der Waals surface area contributed by atoms with E-state index in [9.17, 15) is 9.18 Å². The second-order valence-corrected chi connectivity index (χ2v) is 6.29. The summed E-state index contributed by atoms with van der Waals surface area (Å²) in [5.74, 6) is 0.672. The van der Waals surface area contributed by atoms with Crippen molar-refractivity contribution in [2.75, 3.05) is 18.2 Å². The van der Waals surface area contributed by atoms with Crippen LogP contribution in [0.3, 0.4) is 0 Å². The van der Waals surface area contributed by atoms with E-state index in [-0.39, 0.29) is 17.5 Å². The molecule has 0 radical (unpaired) electrons. The minimum atomic E-state index is -0.384. The second kappa shape index (κ2) is 8.02. The monoisotopic (exact) mass is 333 g/mol. The maximum atomic E-state index is 13.6. The van der Waals surface area contributed by atoms with Crippen LogP contribution in [0.25, 0.3) is 0 Å². The number of hydrogen-bond donors (Lipinski definition) is 1. The topological polar surface area (TPSA) is 38.3 Å². The molecule has 2 rings (SSSR count). The number of methoxy groups -OCH3 is 1. The van der Waals surface area contributed by atoms with Crippen molar-refractivity contribution in [3.05, 3.63) is 58.9 Å². The van der Waals surface area contributed by atoms with E-state index in [0.29, 0.717) is 11.5 Å². The van der Waals surface area contributed by atoms with Crippen LogP contribution >= 0.6 is 11.8 Å². The molecule has 1 amide bonds. The van der Waals surface area contributed by atoms with Crippen LogP contribution in [0.5, 0.6) is 5.75 Å². The van der Waals surface area contributed by atoms with Crippen LogP contribution in [0.4, 0.5) is 10.1 Å². The molecule has 0 bridgehead atoms. The molecule has 2 aromatic rings. The van der Waals surface area contributed by atoms with Crippen LogP contribution in [-0.4, -0.2) is 18.8 Å². The number of halogens is 1. The SMILES string of the molecule is COc1ccc(CSCC(=O)Nc2ccc(C)c(C)c2)cc1F. The number of benzene rings is 2. The summed E-state index contributed by atoms with van der Waals surface area (Å²) in [5, 5.41) is 2.87. The third-order valence-corrected chi connectivity index (χ3v) is 4.51. The van der Waals surface area contributed by atoms with Crippen molar-refractivity contribution in [1.82, 2.24) is 0 Å². The van der Waals surface area contributed by atoms with Gasteiger partial charge in [0.15, 0.2) is 11.6 Å². The summed E-state index contributed by atoms with van der Waals surface area (Å²) in [6.07, 6.45) is 0. The molecular formula is C18H20FNO2S. The molecule has 3 nitrogen and oxygen atoms in total. The molecule has 0 saturated heterocycles. The molecular weight excluding hydrogens is 313 g/mol. The van der Waals surface area contributed by atoms with Gasteiger partial charge in [-0.25, -0.2) is 4.39 Å². The molecule has 122 valence electrons. The first-order valence-corrected chi connectivity index (χ1v) is 8.42. The summed E-state index contributed by atoms with van der Waals surface area (Å²) < 4.78 is 18.5. The van der Waals surface area contributed by atoms with Gasteiger partial charge in [0.2, 0.25) is 5.91 Å². The number of amides is 1. The molecule has 0 spiro atoms. The van der Waals surface area contributed by atoms with Gasteiger partial charge in [0.05, 0.1) is 12.9 Å². The standard InChI is InChI=1S/C18H20FNO2S/c1-12-4-6-15(8-13(12)2)20-18(21)11-23-10-14-5-7-17(22-3)16(19)9-14/h4-9H,10-11H2,1-3H3,(H,20,21). The third kappa shape index (κ3) is 4.99. The number of nitrogens with one attached hydrogen (secondary N) is 1. The van der Waals surface area contributed by atoms with Crippen LogP contribution in [0.2, 0.25) is 0 Å². The second-order valence-electron chi connectivity index (χ2n) is 5.31. The van der Waals surface area contributed by atoms with E-state index in [1.807, 2.05) is 32.0 Å². The van der Waals surface area contributed by atoms with Crippen molar-refractivity contribution >= 4 is 23.4 Å². The fraction of sp³-hybridized carbons (Fsp3) is 0.278. The zero-order chi connectivity index (χ0) is 16.8. The Labute approximate surface area is 140 Å². The molecule has 0 saturated carbocycles. The number of hydrogen-bond acceptors (Lipinski definition) is 3. The van der Waals surface area contributed by atoms with Gasteiger partial charge in [-0.15, -0.1) is 11.8 Å². The first-order valence-electron chi connectivity index (χ1n) is 7.27. The summed E-state index contributed by atoms with van der Waals surface area (Å²) in [4.78, 5) is 11.9. The van der Waals surface area contributed by atoms with Gasteiger partial charge in [-0.2, -0.15) is 0 Å². The average Bonchev–Trinajstić information content (AvgIpc) is 2.51. The Morgan fingerprint density at radius 1 is 1.17 bits per heavy atom. The number of aryl methyl sites for hydroxylation is 2. The van der Waals surface area contributed by atoms with Gasteiger partial charge in [-0.1, -0.05) is 12.1 Å². The van der Waals surface area contributed by atoms with Gasteiger partial charge in [-0.05, 0) is 54.8 Å². The van der Waals surface area contributed by atoms with Crippen molar-refractivity contribution in [3.8, 4) is 5.75 Å². The maximum Gasteiger partial charge on any atom is 0.234 e. The molecule has 0 fully saturated rings. The van der Waals surface area contributed by atoms with E-state index in [0.717, 1.165) is 16.8 Å². The predicted molar refractivity (Wildman–Crippen MR) is 93.7 cm³/mol. The predicted octanol–water partition coefficient (Wildman–Crippen LogP) is 4.32. The summed E-state index contributed by atoms with van der Waals surface area (Å²) in [6, 6.07) is 10.7. The minimum Gasteiger partial charge on any atom is -0.494 e. The van der Waals surface area contributed by atoms with Crippen LogP contribution in [0.15, 0.2) is 36.4 Å². The van der Waals surface area contributed by atoms with Gasteiger partial charge in [0, 0.05) is 11.4 Å². The highest BCUT2D eigenvalue weighted by Gasteiger charge is 2.06. The highest BCUT2D eigenvalue weighted by Crippen LogP contribution is 2.21. The number of rotatable bonds is 6. The van der Waals surface area contributed by atoms with E-state index in [4.69, 9.17) is 4.74 Å². The summed E-state index contributed by atoms with van der Waals surface area (Å²) in [6.45, 7) is 4.04. The number of anilines is 1. The largest absolute Gasteiger partial charge is 0.494 e. The zero-order valence-electron chi connectivity index (χ0n) is 13.5. The lowest BCUT2D eigenvalue weighted by Crippen LogP contribution is -2.14. The van der Waals surface area contributed by atoms with E-state index in [2.05, 4.69) is 5.32 Å². The Morgan fingerprint density at radius 2 is 1.96 bits per heavy atom. The molecule has 0 aromatic heterocycles. The van der Waals surface area contributed by atoms with E-state index in [1.54, 1.807) is 12.1 Å². The molecule has 1 N–H and O–H groups in total. The summed E-state index contributed by atoms with van der Waals surface area (Å²) in [5.41, 5.74) is 3.96. The van der Waals surface area contributed by atoms with Gasteiger partial charge in [0.1, 0.15) is 0 Å². The number of ether oxygens (including phenoxy) is 1. The Kier molecular flexibility index (Phi) is 6.04. The van der Waals surface area contributed by atoms with E-state index in [1.165, 1.54) is 30.5 Å². The van der Waals surface area contributed by atoms with Gasteiger partial charge in [-0.3, -0.25) is 4.79 Å². The lowest BCUT2D eigenvalue weighted by molar-refractivity contribution is -0.113. The third-order valence-electron chi connectivity index (χ3n) is 3.51. The maximum absolute atomic E-state index is 13.6. The number of carbonyl (C=O) groups excluding carboxylic acids is 1. The van der Waals surface area contributed by atoms with Crippen molar-refractivity contribution in [2.24, 2.45) is 0 Å². The van der Waals surface area contributed by atoms with Crippen molar-refractivity contribution in [3.63, 3.8) is 0 Å². The van der Waals surface area contributed by atoms with E-state index >= 15 is 0 Å². The minimum absolute atomic E-state index is 0.0627.